The molecule has 0 fully saturated rings. The minimum Gasteiger partial charge on any atom is -0.506 e. The number of carbonyl (C=O) groups excluding carboxylic acids is 1. The van der Waals surface area contributed by atoms with Gasteiger partial charge in [-0.25, -0.2) is 4.79 Å². The highest BCUT2D eigenvalue weighted by Gasteiger charge is 2.20. The fourth-order valence-corrected chi connectivity index (χ4v) is 1.39. The quantitative estimate of drug-likeness (QED) is 0.612. The Morgan fingerprint density at radius 1 is 1.40 bits per heavy atom. The lowest BCUT2D eigenvalue weighted by atomic mass is 10.0. The Labute approximate surface area is 91.1 Å². The van der Waals surface area contributed by atoms with Gasteiger partial charge in [-0.3, -0.25) is 4.79 Å². The van der Waals surface area contributed by atoms with E-state index in [-0.39, 0.29) is 10.6 Å². The van der Waals surface area contributed by atoms with Crippen LogP contribution in [0.25, 0.3) is 0 Å². The van der Waals surface area contributed by atoms with Crippen molar-refractivity contribution in [2.45, 2.75) is 13.3 Å². The second kappa shape index (κ2) is 4.31. The fourth-order valence-electron chi connectivity index (χ4n) is 1.15. The second-order valence-corrected chi connectivity index (χ2v) is 3.37. The van der Waals surface area contributed by atoms with Gasteiger partial charge in [0.2, 0.25) is 0 Å². The Morgan fingerprint density at radius 2 is 2.00 bits per heavy atom. The maximum absolute atomic E-state index is 11.2. The number of carbonyl (C=O) groups is 2. The molecule has 15 heavy (non-hydrogen) atoms. The normalized spacial score (nSPS) is 10.0. The summed E-state index contributed by atoms with van der Waals surface area (Å²) in [5.41, 5.74) is 0.425. The Kier molecular flexibility index (Phi) is 3.31. The molecule has 0 saturated heterocycles. The van der Waals surface area contributed by atoms with E-state index in [1.807, 2.05) is 6.92 Å². The summed E-state index contributed by atoms with van der Waals surface area (Å²) < 4.78 is 0. The zero-order chi connectivity index (χ0) is 11.6. The van der Waals surface area contributed by atoms with Crippen LogP contribution in [0.4, 0.5) is 0 Å². The number of ketones is 1. The Morgan fingerprint density at radius 3 is 2.47 bits per heavy atom. The smallest absolute Gasteiger partial charge is 0.377 e. The molecule has 0 radical (unpaired) electrons. The third-order valence-electron chi connectivity index (χ3n) is 1.97. The molecule has 0 heterocycles. The van der Waals surface area contributed by atoms with Crippen molar-refractivity contribution in [2.75, 3.05) is 0 Å². The lowest BCUT2D eigenvalue weighted by molar-refractivity contribution is -0.131. The number of halogens is 1. The van der Waals surface area contributed by atoms with Crippen molar-refractivity contribution in [3.63, 3.8) is 0 Å². The molecule has 0 spiro atoms. The molecule has 0 aromatic heterocycles. The molecule has 4 nitrogen and oxygen atoms in total. The van der Waals surface area contributed by atoms with Gasteiger partial charge in [0.05, 0.1) is 10.6 Å². The number of carboxylic acids is 1. The van der Waals surface area contributed by atoms with E-state index in [9.17, 15) is 14.7 Å². The van der Waals surface area contributed by atoms with Gasteiger partial charge in [-0.05, 0) is 24.1 Å². The molecule has 0 aliphatic heterocycles. The summed E-state index contributed by atoms with van der Waals surface area (Å²) in [6.45, 7) is 1.83. The highest BCUT2D eigenvalue weighted by atomic mass is 35.5. The highest BCUT2D eigenvalue weighted by Crippen LogP contribution is 2.29. The second-order valence-electron chi connectivity index (χ2n) is 2.96. The zero-order valence-electron chi connectivity index (χ0n) is 7.95. The number of phenols is 1. The molecule has 0 aliphatic carbocycles. The summed E-state index contributed by atoms with van der Waals surface area (Å²) in [6, 6.07) is 2.83. The van der Waals surface area contributed by atoms with Crippen LogP contribution in [0.1, 0.15) is 22.8 Å². The number of hydrogen-bond donors (Lipinski definition) is 2. The van der Waals surface area contributed by atoms with E-state index in [4.69, 9.17) is 16.7 Å². The van der Waals surface area contributed by atoms with E-state index in [0.717, 1.165) is 0 Å². The number of aliphatic carboxylic acids is 1. The van der Waals surface area contributed by atoms with Crippen LogP contribution in [0, 0.1) is 0 Å². The summed E-state index contributed by atoms with van der Waals surface area (Å²) in [4.78, 5) is 21.6. The van der Waals surface area contributed by atoms with Crippen LogP contribution in [-0.4, -0.2) is 22.0 Å². The molecule has 1 aromatic rings. The van der Waals surface area contributed by atoms with Gasteiger partial charge in [-0.1, -0.05) is 18.5 Å². The van der Waals surface area contributed by atoms with Crippen molar-refractivity contribution in [2.24, 2.45) is 0 Å². The van der Waals surface area contributed by atoms with E-state index in [0.29, 0.717) is 12.0 Å². The van der Waals surface area contributed by atoms with E-state index >= 15 is 0 Å². The number of Topliss-reactive ketones (excluding diaryl/α,β-unsaturated/α-hetero) is 1. The summed E-state index contributed by atoms with van der Waals surface area (Å²) >= 11 is 5.65. The lowest BCUT2D eigenvalue weighted by Gasteiger charge is -2.05. The molecule has 0 unspecified atom stereocenters. The average Bonchev–Trinajstić information content (AvgIpc) is 2.20. The van der Waals surface area contributed by atoms with Gasteiger partial charge in [-0.2, -0.15) is 0 Å². The van der Waals surface area contributed by atoms with E-state index in [1.165, 1.54) is 12.1 Å². The molecule has 2 N–H and O–H groups in total. The Bertz CT molecular complexity index is 426. The summed E-state index contributed by atoms with van der Waals surface area (Å²) in [7, 11) is 0. The average molecular weight is 229 g/mol. The largest absolute Gasteiger partial charge is 0.506 e. The molecule has 0 atom stereocenters. The summed E-state index contributed by atoms with van der Waals surface area (Å²) in [5, 5.41) is 17.9. The standard InChI is InChI=1S/C10H9ClO4/c1-2-5-3-6(9(13)10(14)15)8(12)7(11)4-5/h3-4,12H,2H2,1H3,(H,14,15). The van der Waals surface area contributed by atoms with Crippen LogP contribution in [0.15, 0.2) is 12.1 Å². The van der Waals surface area contributed by atoms with Crippen LogP contribution in [-0.2, 0) is 11.2 Å². The molecular weight excluding hydrogens is 220 g/mol. The number of aryl methyl sites for hydroxylation is 1. The lowest BCUT2D eigenvalue weighted by Crippen LogP contribution is -2.13. The molecule has 0 aliphatic rings. The van der Waals surface area contributed by atoms with Crippen LogP contribution in [0.2, 0.25) is 5.02 Å². The molecule has 0 bridgehead atoms. The van der Waals surface area contributed by atoms with Crippen molar-refractivity contribution in [1.82, 2.24) is 0 Å². The number of aromatic hydroxyl groups is 1. The number of carboxylic acid groups (broad SMARTS) is 1. The maximum Gasteiger partial charge on any atom is 0.377 e. The fraction of sp³-hybridized carbons (Fsp3) is 0.200. The number of benzene rings is 1. The highest BCUT2D eigenvalue weighted by molar-refractivity contribution is 6.42. The van der Waals surface area contributed by atoms with E-state index < -0.39 is 17.5 Å². The molecule has 0 amide bonds. The van der Waals surface area contributed by atoms with Gasteiger partial charge >= 0.3 is 5.97 Å². The van der Waals surface area contributed by atoms with Crippen molar-refractivity contribution in [3.8, 4) is 5.75 Å². The van der Waals surface area contributed by atoms with Gasteiger partial charge in [0.1, 0.15) is 5.75 Å². The van der Waals surface area contributed by atoms with Crippen molar-refractivity contribution < 1.29 is 19.8 Å². The van der Waals surface area contributed by atoms with Crippen molar-refractivity contribution in [3.05, 3.63) is 28.3 Å². The first-order valence-corrected chi connectivity index (χ1v) is 4.64. The SMILES string of the molecule is CCc1cc(Cl)c(O)c(C(=O)C(=O)O)c1. The molecule has 80 valence electrons. The predicted molar refractivity (Wildman–Crippen MR) is 54.5 cm³/mol. The minimum absolute atomic E-state index is 0.0149. The Hall–Kier alpha value is -1.55. The molecule has 0 saturated carbocycles. The van der Waals surface area contributed by atoms with Crippen LogP contribution in [0.5, 0.6) is 5.75 Å². The molecule has 1 aromatic carbocycles. The zero-order valence-corrected chi connectivity index (χ0v) is 8.71. The van der Waals surface area contributed by atoms with Gasteiger partial charge in [0, 0.05) is 0 Å². The first kappa shape index (κ1) is 11.5. The van der Waals surface area contributed by atoms with Crippen molar-refractivity contribution >= 4 is 23.4 Å². The third-order valence-corrected chi connectivity index (χ3v) is 2.26. The van der Waals surface area contributed by atoms with Gasteiger partial charge in [-0.15, -0.1) is 0 Å². The van der Waals surface area contributed by atoms with E-state index in [2.05, 4.69) is 0 Å². The topological polar surface area (TPSA) is 74.6 Å². The summed E-state index contributed by atoms with van der Waals surface area (Å²) in [5.74, 6) is -3.26. The van der Waals surface area contributed by atoms with Crippen LogP contribution in [0.3, 0.4) is 0 Å². The number of rotatable bonds is 3. The Balaban J connectivity index is 3.34. The third kappa shape index (κ3) is 2.27. The number of phenolic OH excluding ortho intramolecular Hbond substituents is 1. The van der Waals surface area contributed by atoms with Gasteiger partial charge < -0.3 is 10.2 Å². The molecule has 1 rings (SSSR count). The molecular formula is C10H9ClO4. The minimum atomic E-state index is -1.62. The van der Waals surface area contributed by atoms with Crippen LogP contribution < -0.4 is 0 Å². The predicted octanol–water partition coefficient (Wildman–Crippen LogP) is 1.88. The van der Waals surface area contributed by atoms with Crippen LogP contribution >= 0.6 is 11.6 Å². The van der Waals surface area contributed by atoms with Gasteiger partial charge in [0.15, 0.2) is 0 Å². The first-order chi connectivity index (χ1) is 6.97. The van der Waals surface area contributed by atoms with E-state index in [1.54, 1.807) is 0 Å². The summed E-state index contributed by atoms with van der Waals surface area (Å²) in [6.07, 6.45) is 0.597. The monoisotopic (exact) mass is 228 g/mol. The van der Waals surface area contributed by atoms with Crippen molar-refractivity contribution in [1.29, 1.82) is 0 Å². The van der Waals surface area contributed by atoms with Gasteiger partial charge in [0.25, 0.3) is 5.78 Å². The number of hydrogen-bond acceptors (Lipinski definition) is 3. The molecule has 5 heteroatoms. The maximum atomic E-state index is 11.2. The first-order valence-electron chi connectivity index (χ1n) is 4.26.